The number of benzene rings is 2. The van der Waals surface area contributed by atoms with Crippen LogP contribution in [0.5, 0.6) is 11.5 Å². The lowest BCUT2D eigenvalue weighted by Gasteiger charge is -2.14. The second-order valence-electron chi connectivity index (χ2n) is 13.7. The molecule has 2 aromatic carbocycles. The fraction of sp³-hybridized carbons (Fsp3) is 0.600. The number of amides is 4. The molecule has 2 rings (SSSR count). The molecule has 6 N–H and O–H groups in total. The fourth-order valence-corrected chi connectivity index (χ4v) is 5.85. The first-order valence-electron chi connectivity index (χ1n) is 18.9. The van der Waals surface area contributed by atoms with E-state index in [9.17, 15) is 29.4 Å². The molecule has 0 saturated heterocycles. The van der Waals surface area contributed by atoms with E-state index in [0.717, 1.165) is 75.3 Å². The fourth-order valence-electron chi connectivity index (χ4n) is 5.85. The van der Waals surface area contributed by atoms with Crippen molar-refractivity contribution >= 4 is 23.6 Å². The van der Waals surface area contributed by atoms with Gasteiger partial charge < -0.3 is 10.2 Å². The molecule has 2 atom stereocenters. The summed E-state index contributed by atoms with van der Waals surface area (Å²) in [5.74, 6) is -2.53. The number of phenolic OH excluding ortho intramolecular Hbond substituents is 2. The minimum absolute atomic E-state index is 0.100. The highest BCUT2D eigenvalue weighted by atomic mass is 16.3. The first kappa shape index (κ1) is 42.1. The van der Waals surface area contributed by atoms with Crippen molar-refractivity contribution in [3.8, 4) is 11.5 Å². The molecule has 0 aliphatic carbocycles. The zero-order valence-electron chi connectivity index (χ0n) is 30.9. The number of aromatic hydroxyl groups is 2. The maximum atomic E-state index is 12.5. The van der Waals surface area contributed by atoms with Crippen LogP contribution in [0.4, 0.5) is 0 Å². The lowest BCUT2D eigenvalue weighted by atomic mass is 9.99. The van der Waals surface area contributed by atoms with Gasteiger partial charge >= 0.3 is 0 Å². The first-order valence-corrected chi connectivity index (χ1v) is 18.9. The van der Waals surface area contributed by atoms with E-state index < -0.39 is 11.8 Å². The van der Waals surface area contributed by atoms with Gasteiger partial charge in [-0.05, 0) is 73.9 Å². The average Bonchev–Trinajstić information content (AvgIpc) is 3.10. The zero-order valence-corrected chi connectivity index (χ0v) is 30.9. The van der Waals surface area contributed by atoms with Crippen LogP contribution in [0.25, 0.3) is 0 Å². The third-order valence-corrected chi connectivity index (χ3v) is 9.27. The lowest BCUT2D eigenvalue weighted by molar-refractivity contribution is -0.126. The van der Waals surface area contributed by atoms with E-state index in [2.05, 4.69) is 35.6 Å². The highest BCUT2D eigenvalue weighted by Crippen LogP contribution is 2.22. The van der Waals surface area contributed by atoms with Crippen LogP contribution in [0, 0.1) is 11.8 Å². The molecule has 2 aromatic rings. The van der Waals surface area contributed by atoms with Crippen LogP contribution in [-0.2, 0) is 22.4 Å². The Bertz CT molecular complexity index is 1250. The van der Waals surface area contributed by atoms with Crippen LogP contribution < -0.4 is 21.7 Å². The Morgan fingerprint density at radius 1 is 0.520 bits per heavy atom. The first-order chi connectivity index (χ1) is 24.1. The highest BCUT2D eigenvalue weighted by molar-refractivity contribution is 5.98. The van der Waals surface area contributed by atoms with Crippen molar-refractivity contribution in [2.75, 3.05) is 0 Å². The molecule has 0 bridgehead atoms. The number of hydrazine groups is 2. The van der Waals surface area contributed by atoms with Gasteiger partial charge in [-0.1, -0.05) is 117 Å². The Morgan fingerprint density at radius 3 is 1.24 bits per heavy atom. The molecule has 0 aromatic heterocycles. The quantitative estimate of drug-likeness (QED) is 0.0512. The van der Waals surface area contributed by atoms with Crippen LogP contribution in [0.1, 0.15) is 162 Å². The number of aryl methyl sites for hydroxylation is 2. The van der Waals surface area contributed by atoms with E-state index >= 15 is 0 Å². The number of carbonyl (C=O) groups excluding carboxylic acids is 4. The number of rotatable bonds is 23. The molecule has 0 radical (unpaired) electrons. The summed E-state index contributed by atoms with van der Waals surface area (Å²) < 4.78 is 0. The van der Waals surface area contributed by atoms with Gasteiger partial charge in [0.1, 0.15) is 11.5 Å². The molecule has 2 unspecified atom stereocenters. The standard InChI is InChI=1S/C40H62N4O6/c1-5-7-9-11-17-21-31-23-25-33(35(45)27-31)39(49)43-41-37(47)29(3)19-15-13-14-16-20-30(4)38(48)42-44-40(50)34-26-24-32(28-36(34)46)22-18-12-10-8-6-2/h23-30,45-46H,5-22H2,1-4H3,(H,41,47)(H,42,48)(H,43,49)(H,44,50). The molecule has 0 aliphatic heterocycles. The summed E-state index contributed by atoms with van der Waals surface area (Å²) in [5.41, 5.74) is 11.9. The zero-order chi connectivity index (χ0) is 36.7. The summed E-state index contributed by atoms with van der Waals surface area (Å²) in [7, 11) is 0. The maximum Gasteiger partial charge on any atom is 0.273 e. The van der Waals surface area contributed by atoms with Gasteiger partial charge in [0.05, 0.1) is 11.1 Å². The smallest absolute Gasteiger partial charge is 0.273 e. The van der Waals surface area contributed by atoms with E-state index in [0.29, 0.717) is 12.8 Å². The Morgan fingerprint density at radius 2 is 0.880 bits per heavy atom. The monoisotopic (exact) mass is 694 g/mol. The SMILES string of the molecule is CCCCCCCc1ccc(C(=O)NNC(=O)C(C)CCCCCCC(C)C(=O)NNC(=O)c2ccc(CCCCCCC)cc2O)c(O)c1. The lowest BCUT2D eigenvalue weighted by Crippen LogP contribution is -2.44. The van der Waals surface area contributed by atoms with Crippen LogP contribution in [-0.4, -0.2) is 33.8 Å². The number of phenols is 2. The number of hydrogen-bond donors (Lipinski definition) is 6. The van der Waals surface area contributed by atoms with Gasteiger partial charge in [0.25, 0.3) is 11.8 Å². The summed E-state index contributed by atoms with van der Waals surface area (Å²) >= 11 is 0. The van der Waals surface area contributed by atoms with Crippen molar-refractivity contribution < 1.29 is 29.4 Å². The van der Waals surface area contributed by atoms with Crippen LogP contribution >= 0.6 is 0 Å². The van der Waals surface area contributed by atoms with E-state index in [1.807, 2.05) is 12.1 Å². The highest BCUT2D eigenvalue weighted by Gasteiger charge is 2.18. The Kier molecular flexibility index (Phi) is 20.3. The summed E-state index contributed by atoms with van der Waals surface area (Å²) in [6, 6.07) is 10.1. The third-order valence-electron chi connectivity index (χ3n) is 9.27. The Balaban J connectivity index is 1.59. The average molecular weight is 695 g/mol. The van der Waals surface area contributed by atoms with Gasteiger partial charge in [-0.2, -0.15) is 0 Å². The van der Waals surface area contributed by atoms with Crippen molar-refractivity contribution in [1.82, 2.24) is 21.7 Å². The predicted molar refractivity (Wildman–Crippen MR) is 198 cm³/mol. The molecule has 0 saturated carbocycles. The largest absolute Gasteiger partial charge is 0.507 e. The molecule has 0 fully saturated rings. The molecular weight excluding hydrogens is 632 g/mol. The van der Waals surface area contributed by atoms with E-state index in [1.165, 1.54) is 38.5 Å². The van der Waals surface area contributed by atoms with Crippen molar-refractivity contribution in [1.29, 1.82) is 0 Å². The predicted octanol–water partition coefficient (Wildman–Crippen LogP) is 7.96. The number of nitrogens with one attached hydrogen (secondary N) is 4. The Hall–Kier alpha value is -4.08. The molecular formula is C40H62N4O6. The van der Waals surface area contributed by atoms with Crippen LogP contribution in [0.2, 0.25) is 0 Å². The molecule has 0 spiro atoms. The minimum Gasteiger partial charge on any atom is -0.507 e. The van der Waals surface area contributed by atoms with Crippen LogP contribution in [0.15, 0.2) is 36.4 Å². The van der Waals surface area contributed by atoms with Crippen molar-refractivity contribution in [2.24, 2.45) is 11.8 Å². The van der Waals surface area contributed by atoms with Crippen molar-refractivity contribution in [3.63, 3.8) is 0 Å². The topological polar surface area (TPSA) is 157 Å². The van der Waals surface area contributed by atoms with Gasteiger partial charge in [-0.3, -0.25) is 40.9 Å². The van der Waals surface area contributed by atoms with E-state index in [1.54, 1.807) is 38.1 Å². The summed E-state index contributed by atoms with van der Waals surface area (Å²) in [4.78, 5) is 50.1. The Labute approximate surface area is 299 Å². The maximum absolute atomic E-state index is 12.5. The number of carbonyl (C=O) groups is 4. The number of unbranched alkanes of at least 4 members (excludes halogenated alkanes) is 11. The molecule has 0 aliphatic rings. The second-order valence-corrected chi connectivity index (χ2v) is 13.7. The molecule has 278 valence electrons. The summed E-state index contributed by atoms with van der Waals surface area (Å²) in [6.07, 6.45) is 18.0. The summed E-state index contributed by atoms with van der Waals surface area (Å²) in [6.45, 7) is 7.97. The molecule has 4 amide bonds. The second kappa shape index (κ2) is 24.1. The van der Waals surface area contributed by atoms with Gasteiger partial charge in [0.15, 0.2) is 0 Å². The van der Waals surface area contributed by atoms with E-state index in [-0.39, 0.29) is 46.3 Å². The van der Waals surface area contributed by atoms with Gasteiger partial charge in [-0.15, -0.1) is 0 Å². The minimum atomic E-state index is -0.564. The molecule has 10 heteroatoms. The van der Waals surface area contributed by atoms with Crippen molar-refractivity contribution in [2.45, 2.75) is 143 Å². The number of hydrogen-bond acceptors (Lipinski definition) is 6. The molecule has 0 heterocycles. The normalized spacial score (nSPS) is 12.2. The molecule has 10 nitrogen and oxygen atoms in total. The van der Waals surface area contributed by atoms with Gasteiger partial charge in [-0.25, -0.2) is 0 Å². The summed E-state index contributed by atoms with van der Waals surface area (Å²) in [5, 5.41) is 20.7. The third kappa shape index (κ3) is 16.1. The molecule has 50 heavy (non-hydrogen) atoms. The van der Waals surface area contributed by atoms with Crippen molar-refractivity contribution in [3.05, 3.63) is 58.7 Å². The van der Waals surface area contributed by atoms with Gasteiger partial charge in [0.2, 0.25) is 11.8 Å². The van der Waals surface area contributed by atoms with E-state index in [4.69, 9.17) is 0 Å². The van der Waals surface area contributed by atoms with Gasteiger partial charge in [0, 0.05) is 11.8 Å². The van der Waals surface area contributed by atoms with Crippen LogP contribution in [0.3, 0.4) is 0 Å².